The van der Waals surface area contributed by atoms with Gasteiger partial charge in [-0.25, -0.2) is 4.39 Å². The molecule has 0 spiro atoms. The smallest absolute Gasteiger partial charge is 0.327 e. The van der Waals surface area contributed by atoms with Crippen molar-refractivity contribution in [1.82, 2.24) is 24.9 Å². The molecule has 1 aromatic carbocycles. The first-order chi connectivity index (χ1) is 14.5. The maximum atomic E-state index is 13.4. The molecule has 9 nitrogen and oxygen atoms in total. The molecule has 5 rings (SSSR count). The SMILES string of the molecule is Cc1cc(F)ccc1Oc1nc(NC2CC2)n2ncc(/C=C3\CC(=O)NC3=O)c2n1. The molecule has 152 valence electrons. The summed E-state index contributed by atoms with van der Waals surface area (Å²) in [6.07, 6.45) is 5.20. The molecule has 1 saturated carbocycles. The monoisotopic (exact) mass is 408 g/mol. The highest BCUT2D eigenvalue weighted by molar-refractivity contribution is 6.15. The van der Waals surface area contributed by atoms with Gasteiger partial charge in [0.15, 0.2) is 5.65 Å². The lowest BCUT2D eigenvalue weighted by molar-refractivity contribution is -0.124. The normalized spacial score (nSPS) is 17.6. The maximum Gasteiger partial charge on any atom is 0.327 e. The summed E-state index contributed by atoms with van der Waals surface area (Å²) in [4.78, 5) is 32.2. The highest BCUT2D eigenvalue weighted by atomic mass is 19.1. The highest BCUT2D eigenvalue weighted by Crippen LogP contribution is 2.29. The molecule has 2 aliphatic rings. The lowest BCUT2D eigenvalue weighted by Gasteiger charge is -2.10. The van der Waals surface area contributed by atoms with Gasteiger partial charge in [0.05, 0.1) is 12.6 Å². The minimum Gasteiger partial charge on any atom is -0.424 e. The van der Waals surface area contributed by atoms with E-state index < -0.39 is 5.91 Å². The van der Waals surface area contributed by atoms with E-state index in [0.717, 1.165) is 12.8 Å². The van der Waals surface area contributed by atoms with E-state index in [1.807, 2.05) is 0 Å². The summed E-state index contributed by atoms with van der Waals surface area (Å²) in [5.41, 5.74) is 1.91. The van der Waals surface area contributed by atoms with Gasteiger partial charge < -0.3 is 10.1 Å². The molecule has 0 unspecified atom stereocenters. The number of carbonyl (C=O) groups is 2. The number of fused-ring (bicyclic) bond motifs is 1. The summed E-state index contributed by atoms with van der Waals surface area (Å²) in [5.74, 6) is -0.249. The molecular weight excluding hydrogens is 391 g/mol. The third-order valence-corrected chi connectivity index (χ3v) is 4.85. The number of hydrogen-bond donors (Lipinski definition) is 2. The van der Waals surface area contributed by atoms with E-state index >= 15 is 0 Å². The fraction of sp³-hybridized carbons (Fsp3) is 0.250. The van der Waals surface area contributed by atoms with Crippen molar-refractivity contribution in [2.45, 2.75) is 32.2 Å². The second kappa shape index (κ2) is 6.90. The quantitative estimate of drug-likeness (QED) is 0.493. The molecule has 10 heteroatoms. The number of hydrogen-bond acceptors (Lipinski definition) is 7. The van der Waals surface area contributed by atoms with E-state index in [2.05, 4.69) is 25.7 Å². The fourth-order valence-corrected chi connectivity index (χ4v) is 3.16. The van der Waals surface area contributed by atoms with E-state index in [0.29, 0.717) is 40.1 Å². The standard InChI is InChI=1S/C20H17FN6O3/c1-10-6-13(21)2-5-15(10)30-20-25-17-12(7-11-8-16(28)24-18(11)29)9-22-27(17)19(26-20)23-14-3-4-14/h2,5-7,9,14H,3-4,8H2,1H3,(H,23,25,26)(H,24,28,29)/b11-7+. The molecule has 0 atom stereocenters. The number of aromatic nitrogens is 4. The van der Waals surface area contributed by atoms with E-state index in [4.69, 9.17) is 4.74 Å². The Morgan fingerprint density at radius 2 is 2.13 bits per heavy atom. The van der Waals surface area contributed by atoms with Crippen LogP contribution in [0.15, 0.2) is 30.0 Å². The van der Waals surface area contributed by atoms with Crippen LogP contribution in [0.1, 0.15) is 30.4 Å². The van der Waals surface area contributed by atoms with Crippen LogP contribution >= 0.6 is 0 Å². The van der Waals surface area contributed by atoms with E-state index in [9.17, 15) is 14.0 Å². The Morgan fingerprint density at radius 3 is 2.83 bits per heavy atom. The Bertz CT molecular complexity index is 1230. The molecule has 0 bridgehead atoms. The number of carbonyl (C=O) groups excluding carboxylic acids is 2. The van der Waals surface area contributed by atoms with Gasteiger partial charge in [0, 0.05) is 17.2 Å². The molecule has 1 aliphatic carbocycles. The topological polar surface area (TPSA) is 111 Å². The lowest BCUT2D eigenvalue weighted by atomic mass is 10.1. The Labute approximate surface area is 170 Å². The second-order valence-electron chi connectivity index (χ2n) is 7.32. The van der Waals surface area contributed by atoms with Crippen molar-refractivity contribution in [3.05, 3.63) is 46.9 Å². The first-order valence-corrected chi connectivity index (χ1v) is 9.47. The zero-order valence-corrected chi connectivity index (χ0v) is 16.0. The largest absolute Gasteiger partial charge is 0.424 e. The Morgan fingerprint density at radius 1 is 1.30 bits per heavy atom. The summed E-state index contributed by atoms with van der Waals surface area (Å²) in [6.45, 7) is 1.73. The van der Waals surface area contributed by atoms with Crippen LogP contribution in [0.5, 0.6) is 11.8 Å². The fourth-order valence-electron chi connectivity index (χ4n) is 3.16. The van der Waals surface area contributed by atoms with Crippen LogP contribution in [0.4, 0.5) is 10.3 Å². The number of rotatable bonds is 5. The van der Waals surface area contributed by atoms with Crippen LogP contribution in [-0.4, -0.2) is 37.4 Å². The number of nitrogens with one attached hydrogen (secondary N) is 2. The highest BCUT2D eigenvalue weighted by Gasteiger charge is 2.26. The maximum absolute atomic E-state index is 13.4. The predicted octanol–water partition coefficient (Wildman–Crippen LogP) is 2.37. The summed E-state index contributed by atoms with van der Waals surface area (Å²) in [5, 5.41) is 9.87. The number of nitrogens with zero attached hydrogens (tertiary/aromatic N) is 4. The van der Waals surface area contributed by atoms with Crippen molar-refractivity contribution in [1.29, 1.82) is 0 Å². The minimum atomic E-state index is -0.428. The van der Waals surface area contributed by atoms with Crippen LogP contribution in [0.3, 0.4) is 0 Å². The molecular formula is C20H17FN6O3. The van der Waals surface area contributed by atoms with Crippen molar-refractivity contribution in [3.8, 4) is 11.8 Å². The Balaban J connectivity index is 1.58. The van der Waals surface area contributed by atoms with Crippen molar-refractivity contribution in [2.75, 3.05) is 5.32 Å². The minimum absolute atomic E-state index is 0.00652. The van der Waals surface area contributed by atoms with E-state index in [1.54, 1.807) is 19.2 Å². The Kier molecular flexibility index (Phi) is 4.19. The summed E-state index contributed by atoms with van der Waals surface area (Å²) >= 11 is 0. The van der Waals surface area contributed by atoms with Crippen LogP contribution < -0.4 is 15.4 Å². The summed E-state index contributed by atoms with van der Waals surface area (Å²) in [7, 11) is 0. The first-order valence-electron chi connectivity index (χ1n) is 9.47. The molecule has 2 fully saturated rings. The number of halogens is 1. The van der Waals surface area contributed by atoms with Crippen LogP contribution in [0, 0.1) is 12.7 Å². The van der Waals surface area contributed by atoms with Crippen LogP contribution in [0.25, 0.3) is 11.7 Å². The van der Waals surface area contributed by atoms with Gasteiger partial charge >= 0.3 is 6.01 Å². The second-order valence-corrected chi connectivity index (χ2v) is 7.32. The van der Waals surface area contributed by atoms with Gasteiger partial charge in [-0.15, -0.1) is 0 Å². The zero-order valence-electron chi connectivity index (χ0n) is 16.0. The van der Waals surface area contributed by atoms with Gasteiger partial charge in [0.2, 0.25) is 11.9 Å². The Hall–Kier alpha value is -3.82. The van der Waals surface area contributed by atoms with Crippen molar-refractivity contribution < 1.29 is 18.7 Å². The molecule has 1 aliphatic heterocycles. The molecule has 2 N–H and O–H groups in total. The number of anilines is 1. The van der Waals surface area contributed by atoms with E-state index in [-0.39, 0.29) is 24.2 Å². The van der Waals surface area contributed by atoms with Crippen LogP contribution in [0.2, 0.25) is 0 Å². The average Bonchev–Trinajstić information content (AvgIpc) is 3.33. The summed E-state index contributed by atoms with van der Waals surface area (Å²) in [6, 6.07) is 4.54. The molecule has 3 aromatic rings. The van der Waals surface area contributed by atoms with Gasteiger partial charge in [0.25, 0.3) is 5.91 Å². The van der Waals surface area contributed by atoms with Gasteiger partial charge in [-0.3, -0.25) is 14.9 Å². The van der Waals surface area contributed by atoms with Crippen LogP contribution in [-0.2, 0) is 9.59 Å². The number of aryl methyl sites for hydroxylation is 1. The molecule has 2 amide bonds. The van der Waals surface area contributed by atoms with Gasteiger partial charge in [-0.2, -0.15) is 19.6 Å². The third kappa shape index (κ3) is 3.47. The van der Waals surface area contributed by atoms with E-state index in [1.165, 1.54) is 22.7 Å². The third-order valence-electron chi connectivity index (χ3n) is 4.85. The molecule has 1 saturated heterocycles. The van der Waals surface area contributed by atoms with Crippen molar-refractivity contribution in [2.24, 2.45) is 0 Å². The summed E-state index contributed by atoms with van der Waals surface area (Å²) < 4.78 is 20.8. The van der Waals surface area contributed by atoms with Gasteiger partial charge in [-0.1, -0.05) is 0 Å². The molecule has 0 radical (unpaired) electrons. The lowest BCUT2D eigenvalue weighted by Crippen LogP contribution is -2.19. The zero-order chi connectivity index (χ0) is 20.8. The molecule has 2 aromatic heterocycles. The number of imide groups is 1. The van der Waals surface area contributed by atoms with Gasteiger partial charge in [0.1, 0.15) is 11.6 Å². The van der Waals surface area contributed by atoms with Gasteiger partial charge in [-0.05, 0) is 49.6 Å². The number of amides is 2. The number of benzene rings is 1. The predicted molar refractivity (Wildman–Crippen MR) is 104 cm³/mol. The first kappa shape index (κ1) is 18.2. The molecule has 3 heterocycles. The number of ether oxygens (including phenoxy) is 1. The van der Waals surface area contributed by atoms with Crippen molar-refractivity contribution in [3.63, 3.8) is 0 Å². The average molecular weight is 408 g/mol. The van der Waals surface area contributed by atoms with Crippen molar-refractivity contribution >= 4 is 29.5 Å². The molecule has 30 heavy (non-hydrogen) atoms.